The van der Waals surface area contributed by atoms with Crippen molar-refractivity contribution in [2.45, 2.75) is 21.3 Å². The second-order valence-corrected chi connectivity index (χ2v) is 9.52. The molecule has 0 bridgehead atoms. The van der Waals surface area contributed by atoms with Gasteiger partial charge in [0, 0.05) is 25.0 Å². The first kappa shape index (κ1) is 21.1. The minimum Gasteiger partial charge on any atom is -0.462 e. The van der Waals surface area contributed by atoms with Gasteiger partial charge in [-0.2, -0.15) is 0 Å². The Morgan fingerprint density at radius 1 is 0.889 bits per heavy atom. The zero-order chi connectivity index (χ0) is 19.9. The monoisotopic (exact) mass is 426 g/mol. The van der Waals surface area contributed by atoms with Crippen LogP contribution < -0.4 is 0 Å². The second kappa shape index (κ2) is 9.63. The van der Waals surface area contributed by atoms with Gasteiger partial charge in [0.25, 0.3) is 0 Å². The van der Waals surface area contributed by atoms with E-state index in [-0.39, 0.29) is 21.6 Å². The molecular formula is C18H18O6S3. The summed E-state index contributed by atoms with van der Waals surface area (Å²) in [6, 6.07) is 3.18. The Labute approximate surface area is 165 Å². The minimum absolute atomic E-state index is 0.160. The molecule has 0 unspecified atom stereocenters. The van der Waals surface area contributed by atoms with Crippen LogP contribution in [0.15, 0.2) is 56.6 Å². The summed E-state index contributed by atoms with van der Waals surface area (Å²) in [7, 11) is -3.60. The van der Waals surface area contributed by atoms with Gasteiger partial charge in [0.2, 0.25) is 9.84 Å². The number of rotatable bonds is 10. The maximum Gasteiger partial charge on any atom is 0.330 e. The number of hydrogen-bond acceptors (Lipinski definition) is 8. The van der Waals surface area contributed by atoms with Crippen molar-refractivity contribution >= 4 is 44.4 Å². The molecule has 0 amide bonds. The lowest BCUT2D eigenvalue weighted by Crippen LogP contribution is -2.04. The van der Waals surface area contributed by atoms with Gasteiger partial charge in [0.15, 0.2) is 0 Å². The van der Waals surface area contributed by atoms with E-state index in [9.17, 15) is 18.0 Å². The van der Waals surface area contributed by atoms with Gasteiger partial charge < -0.3 is 9.47 Å². The highest BCUT2D eigenvalue weighted by Gasteiger charge is 2.22. The molecule has 2 heterocycles. The molecule has 2 aromatic heterocycles. The van der Waals surface area contributed by atoms with E-state index >= 15 is 0 Å². The van der Waals surface area contributed by atoms with E-state index < -0.39 is 21.8 Å². The van der Waals surface area contributed by atoms with Crippen molar-refractivity contribution in [2.24, 2.45) is 0 Å². The molecule has 6 nitrogen and oxygen atoms in total. The fraction of sp³-hybridized carbons (Fsp3) is 0.222. The van der Waals surface area contributed by atoms with Crippen molar-refractivity contribution in [3.63, 3.8) is 0 Å². The number of esters is 2. The van der Waals surface area contributed by atoms with E-state index in [0.29, 0.717) is 12.8 Å². The van der Waals surface area contributed by atoms with Crippen LogP contribution in [0.4, 0.5) is 0 Å². The molecule has 0 saturated carbocycles. The summed E-state index contributed by atoms with van der Waals surface area (Å²) < 4.78 is 35.7. The Kier molecular flexibility index (Phi) is 7.52. The third-order valence-corrected chi connectivity index (χ3v) is 8.12. The number of hydrogen-bond donors (Lipinski definition) is 0. The van der Waals surface area contributed by atoms with Gasteiger partial charge in [-0.1, -0.05) is 13.2 Å². The van der Waals surface area contributed by atoms with Crippen molar-refractivity contribution in [1.82, 2.24) is 0 Å². The van der Waals surface area contributed by atoms with E-state index in [1.54, 1.807) is 22.9 Å². The SMILES string of the molecule is C=CC(=O)OCCc1csc(S(=O)(=O)c2cc(CCOC(=O)C=C)cs2)c1. The number of sulfone groups is 1. The van der Waals surface area contributed by atoms with Crippen LogP contribution >= 0.6 is 22.7 Å². The molecule has 0 aliphatic rings. The molecule has 9 heteroatoms. The highest BCUT2D eigenvalue weighted by molar-refractivity contribution is 7.95. The van der Waals surface area contributed by atoms with Gasteiger partial charge >= 0.3 is 11.9 Å². The molecule has 0 saturated heterocycles. The third kappa shape index (κ3) is 5.88. The molecule has 0 radical (unpaired) electrons. The number of ether oxygens (including phenoxy) is 2. The van der Waals surface area contributed by atoms with E-state index in [0.717, 1.165) is 46.0 Å². The normalized spacial score (nSPS) is 11.0. The van der Waals surface area contributed by atoms with Crippen LogP contribution in [0.5, 0.6) is 0 Å². The highest BCUT2D eigenvalue weighted by Crippen LogP contribution is 2.31. The van der Waals surface area contributed by atoms with Crippen LogP contribution in [0.2, 0.25) is 0 Å². The van der Waals surface area contributed by atoms with Crippen molar-refractivity contribution in [1.29, 1.82) is 0 Å². The topological polar surface area (TPSA) is 86.7 Å². The van der Waals surface area contributed by atoms with Crippen LogP contribution in [0.3, 0.4) is 0 Å². The number of carbonyl (C=O) groups excluding carboxylic acids is 2. The first-order chi connectivity index (χ1) is 12.9. The summed E-state index contributed by atoms with van der Waals surface area (Å²) in [5, 5.41) is 3.47. The Hall–Kier alpha value is -2.23. The average molecular weight is 427 g/mol. The lowest BCUT2D eigenvalue weighted by molar-refractivity contribution is -0.138. The van der Waals surface area contributed by atoms with E-state index in [1.165, 1.54) is 0 Å². The van der Waals surface area contributed by atoms with Crippen LogP contribution in [-0.4, -0.2) is 33.6 Å². The lowest BCUT2D eigenvalue weighted by atomic mass is 10.2. The summed E-state index contributed by atoms with van der Waals surface area (Å²) in [4.78, 5) is 22.0. The van der Waals surface area contributed by atoms with Crippen molar-refractivity contribution in [3.8, 4) is 0 Å². The fourth-order valence-corrected chi connectivity index (χ4v) is 6.16. The zero-order valence-corrected chi connectivity index (χ0v) is 16.8. The Balaban J connectivity index is 1.99. The van der Waals surface area contributed by atoms with Crippen LogP contribution in [0.1, 0.15) is 11.1 Å². The molecule has 0 fully saturated rings. The largest absolute Gasteiger partial charge is 0.462 e. The molecule has 0 atom stereocenters. The van der Waals surface area contributed by atoms with E-state index in [1.807, 2.05) is 0 Å². The number of thiophene rings is 2. The molecule has 27 heavy (non-hydrogen) atoms. The number of carbonyl (C=O) groups is 2. The maximum absolute atomic E-state index is 12.7. The van der Waals surface area contributed by atoms with E-state index in [4.69, 9.17) is 9.47 Å². The van der Waals surface area contributed by atoms with Crippen LogP contribution in [0.25, 0.3) is 0 Å². The fourth-order valence-electron chi connectivity index (χ4n) is 2.01. The predicted molar refractivity (Wildman–Crippen MR) is 104 cm³/mol. The van der Waals surface area contributed by atoms with Crippen LogP contribution in [-0.2, 0) is 41.7 Å². The molecule has 0 aromatic carbocycles. The molecule has 0 spiro atoms. The van der Waals surface area contributed by atoms with Gasteiger partial charge in [-0.05, 0) is 34.0 Å². The van der Waals surface area contributed by atoms with Crippen molar-refractivity contribution in [3.05, 3.63) is 59.3 Å². The lowest BCUT2D eigenvalue weighted by Gasteiger charge is -2.00. The molecule has 2 rings (SSSR count). The smallest absolute Gasteiger partial charge is 0.330 e. The minimum atomic E-state index is -3.60. The first-order valence-electron chi connectivity index (χ1n) is 7.85. The molecular weight excluding hydrogens is 408 g/mol. The summed E-state index contributed by atoms with van der Waals surface area (Å²) in [5.41, 5.74) is 1.56. The Morgan fingerprint density at radius 2 is 1.30 bits per heavy atom. The van der Waals surface area contributed by atoms with E-state index in [2.05, 4.69) is 13.2 Å². The Morgan fingerprint density at radius 3 is 1.67 bits per heavy atom. The average Bonchev–Trinajstić information content (AvgIpc) is 3.31. The summed E-state index contributed by atoms with van der Waals surface area (Å²) in [5.74, 6) is -1.02. The van der Waals surface area contributed by atoms with Crippen LogP contribution in [0, 0.1) is 0 Å². The maximum atomic E-state index is 12.7. The van der Waals surface area contributed by atoms with Crippen molar-refractivity contribution in [2.75, 3.05) is 13.2 Å². The summed E-state index contributed by atoms with van der Waals surface area (Å²) >= 11 is 2.26. The van der Waals surface area contributed by atoms with Gasteiger partial charge in [-0.15, -0.1) is 22.7 Å². The zero-order valence-electron chi connectivity index (χ0n) is 14.4. The highest BCUT2D eigenvalue weighted by atomic mass is 32.3. The van der Waals surface area contributed by atoms with Gasteiger partial charge in [-0.25, -0.2) is 18.0 Å². The quantitative estimate of drug-likeness (QED) is 0.428. The summed E-state index contributed by atoms with van der Waals surface area (Å²) in [6.07, 6.45) is 3.01. The second-order valence-electron chi connectivity index (χ2n) is 5.29. The molecule has 0 N–H and O–H groups in total. The predicted octanol–water partition coefficient (Wildman–Crippen LogP) is 3.19. The molecule has 0 aliphatic heterocycles. The van der Waals surface area contributed by atoms with Gasteiger partial charge in [0.05, 0.1) is 13.2 Å². The van der Waals surface area contributed by atoms with Crippen molar-refractivity contribution < 1.29 is 27.5 Å². The molecule has 0 aliphatic carbocycles. The summed E-state index contributed by atoms with van der Waals surface area (Å²) in [6.45, 7) is 6.94. The van der Waals surface area contributed by atoms with Gasteiger partial charge in [-0.3, -0.25) is 0 Å². The molecule has 144 valence electrons. The molecule has 2 aromatic rings. The Bertz CT molecular complexity index is 866. The first-order valence-corrected chi connectivity index (χ1v) is 11.1. The van der Waals surface area contributed by atoms with Gasteiger partial charge in [0.1, 0.15) is 8.42 Å². The standard InChI is InChI=1S/C18H18O6S3/c1-3-15(19)23-7-5-13-9-17(25-11-13)27(21,22)18-10-14(12-26-18)6-8-24-16(20)4-2/h3-4,9-12H,1-2,5-8H2. The third-order valence-electron chi connectivity index (χ3n) is 3.39.